The van der Waals surface area contributed by atoms with Gasteiger partial charge in [0, 0.05) is 25.3 Å². The van der Waals surface area contributed by atoms with E-state index in [2.05, 4.69) is 5.16 Å². The summed E-state index contributed by atoms with van der Waals surface area (Å²) in [6.45, 7) is 5.07. The fraction of sp³-hybridized carbons (Fsp3) is 0.833. The van der Waals surface area contributed by atoms with E-state index in [1.807, 2.05) is 0 Å². The Kier molecular flexibility index (Phi) is 3.18. The highest BCUT2D eigenvalue weighted by Crippen LogP contribution is 2.45. The first-order valence-corrected chi connectivity index (χ1v) is 6.23. The van der Waals surface area contributed by atoms with Crippen molar-refractivity contribution in [3.63, 3.8) is 0 Å². The third-order valence-electron chi connectivity index (χ3n) is 3.37. The van der Waals surface area contributed by atoms with Crippen molar-refractivity contribution in [2.45, 2.75) is 63.6 Å². The zero-order chi connectivity index (χ0) is 14.4. The number of oxime groups is 1. The first-order valence-electron chi connectivity index (χ1n) is 6.23. The van der Waals surface area contributed by atoms with E-state index in [4.69, 9.17) is 9.94 Å². The monoisotopic (exact) mass is 276 g/mol. The molecule has 0 spiro atoms. The Morgan fingerprint density at radius 3 is 2.58 bits per heavy atom. The molecule has 1 N–H and O–H groups in total. The summed E-state index contributed by atoms with van der Waals surface area (Å²) < 4.78 is 32.9. The highest BCUT2D eigenvalue weighted by molar-refractivity contribution is 5.88. The SMILES string of the molecule is CC(C)(C)OC(=O)N1C2CC(=NO)CC1C(F)(F)C2. The van der Waals surface area contributed by atoms with Gasteiger partial charge in [-0.3, -0.25) is 4.90 Å². The Hall–Kier alpha value is -1.40. The maximum Gasteiger partial charge on any atom is 0.411 e. The van der Waals surface area contributed by atoms with Crippen LogP contribution in [0.1, 0.15) is 40.0 Å². The molecule has 19 heavy (non-hydrogen) atoms. The maximum atomic E-state index is 13.9. The van der Waals surface area contributed by atoms with E-state index in [1.165, 1.54) is 0 Å². The molecule has 0 aromatic rings. The lowest BCUT2D eigenvalue weighted by molar-refractivity contribution is -0.0399. The van der Waals surface area contributed by atoms with Crippen LogP contribution in [0.5, 0.6) is 0 Å². The molecule has 0 saturated carbocycles. The van der Waals surface area contributed by atoms with Gasteiger partial charge in [0.2, 0.25) is 0 Å². The molecule has 1 amide bonds. The Bertz CT molecular complexity index is 418. The molecule has 0 aromatic heterocycles. The molecule has 7 heteroatoms. The summed E-state index contributed by atoms with van der Waals surface area (Å²) in [5.41, 5.74) is -0.413. The van der Waals surface area contributed by atoms with Crippen molar-refractivity contribution < 1.29 is 23.5 Å². The number of alkyl halides is 2. The molecule has 2 rings (SSSR count). The van der Waals surface area contributed by atoms with Gasteiger partial charge >= 0.3 is 6.09 Å². The second-order valence-corrected chi connectivity index (χ2v) is 6.10. The molecule has 2 aliphatic heterocycles. The first kappa shape index (κ1) is 14.0. The van der Waals surface area contributed by atoms with Crippen molar-refractivity contribution >= 4 is 11.8 Å². The van der Waals surface area contributed by atoms with E-state index in [9.17, 15) is 13.6 Å². The Labute approximate surface area is 110 Å². The molecule has 0 aromatic carbocycles. The van der Waals surface area contributed by atoms with Gasteiger partial charge in [0.05, 0.1) is 5.71 Å². The van der Waals surface area contributed by atoms with Crippen LogP contribution in [0.2, 0.25) is 0 Å². The molecule has 2 heterocycles. The van der Waals surface area contributed by atoms with Crippen molar-refractivity contribution in [1.29, 1.82) is 0 Å². The number of halogens is 2. The topological polar surface area (TPSA) is 62.1 Å². The molecular weight excluding hydrogens is 258 g/mol. The zero-order valence-electron chi connectivity index (χ0n) is 11.2. The van der Waals surface area contributed by atoms with Crippen molar-refractivity contribution in [2.75, 3.05) is 0 Å². The number of amides is 1. The quantitative estimate of drug-likeness (QED) is 0.546. The molecule has 5 nitrogen and oxygen atoms in total. The normalized spacial score (nSPS) is 31.6. The number of fused-ring (bicyclic) bond motifs is 2. The minimum atomic E-state index is -2.96. The van der Waals surface area contributed by atoms with Crippen LogP contribution >= 0.6 is 0 Å². The largest absolute Gasteiger partial charge is 0.444 e. The number of ether oxygens (including phenoxy) is 1. The Balaban J connectivity index is 2.21. The van der Waals surface area contributed by atoms with Crippen molar-refractivity contribution in [3.8, 4) is 0 Å². The summed E-state index contributed by atoms with van der Waals surface area (Å²) in [7, 11) is 0. The Morgan fingerprint density at radius 1 is 1.47 bits per heavy atom. The maximum absolute atomic E-state index is 13.9. The first-order chi connectivity index (χ1) is 8.64. The van der Waals surface area contributed by atoms with Crippen LogP contribution in [0.4, 0.5) is 13.6 Å². The molecule has 2 aliphatic rings. The van der Waals surface area contributed by atoms with Gasteiger partial charge in [-0.05, 0) is 20.8 Å². The van der Waals surface area contributed by atoms with E-state index in [0.717, 1.165) is 4.90 Å². The van der Waals surface area contributed by atoms with E-state index >= 15 is 0 Å². The third-order valence-corrected chi connectivity index (χ3v) is 3.37. The minimum absolute atomic E-state index is 0.112. The lowest BCUT2D eigenvalue weighted by Gasteiger charge is -2.36. The molecule has 0 aliphatic carbocycles. The van der Waals surface area contributed by atoms with Gasteiger partial charge in [0.15, 0.2) is 0 Å². The van der Waals surface area contributed by atoms with Crippen LogP contribution in [0.15, 0.2) is 5.16 Å². The highest BCUT2D eigenvalue weighted by atomic mass is 19.3. The standard InChI is InChI=1S/C12H18F2N2O3/c1-11(2,3)19-10(17)16-8-4-7(15-18)5-9(16)12(13,14)6-8/h8-9,18H,4-6H2,1-3H3. The third kappa shape index (κ3) is 2.64. The fourth-order valence-corrected chi connectivity index (χ4v) is 2.68. The summed E-state index contributed by atoms with van der Waals surface area (Å²) >= 11 is 0. The molecule has 0 radical (unpaired) electrons. The van der Waals surface area contributed by atoms with Gasteiger partial charge in [0.25, 0.3) is 5.92 Å². The van der Waals surface area contributed by atoms with Gasteiger partial charge in [0.1, 0.15) is 11.6 Å². The summed E-state index contributed by atoms with van der Waals surface area (Å²) in [6, 6.07) is -1.93. The number of hydrogen-bond acceptors (Lipinski definition) is 4. The van der Waals surface area contributed by atoms with Crippen LogP contribution in [-0.4, -0.2) is 45.5 Å². The van der Waals surface area contributed by atoms with E-state index in [-0.39, 0.29) is 12.8 Å². The van der Waals surface area contributed by atoms with Crippen LogP contribution in [0.3, 0.4) is 0 Å². The zero-order valence-corrected chi connectivity index (χ0v) is 11.2. The summed E-state index contributed by atoms with van der Waals surface area (Å²) in [6.07, 6.45) is -1.08. The predicted octanol–water partition coefficient (Wildman–Crippen LogP) is 2.62. The molecule has 2 bridgehead atoms. The number of rotatable bonds is 0. The molecular formula is C12H18F2N2O3. The predicted molar refractivity (Wildman–Crippen MR) is 63.7 cm³/mol. The van der Waals surface area contributed by atoms with Crippen molar-refractivity contribution in [2.24, 2.45) is 5.16 Å². The molecule has 2 unspecified atom stereocenters. The van der Waals surface area contributed by atoms with Gasteiger partial charge in [-0.1, -0.05) is 5.16 Å². The smallest absolute Gasteiger partial charge is 0.411 e. The van der Waals surface area contributed by atoms with Crippen molar-refractivity contribution in [3.05, 3.63) is 0 Å². The summed E-state index contributed by atoms with van der Waals surface area (Å²) in [4.78, 5) is 13.1. The average molecular weight is 276 g/mol. The molecule has 2 atom stereocenters. The summed E-state index contributed by atoms with van der Waals surface area (Å²) in [5.74, 6) is -2.96. The summed E-state index contributed by atoms with van der Waals surface area (Å²) in [5, 5.41) is 11.8. The van der Waals surface area contributed by atoms with Crippen LogP contribution in [0.25, 0.3) is 0 Å². The fourth-order valence-electron chi connectivity index (χ4n) is 2.68. The molecule has 2 fully saturated rings. The molecule has 108 valence electrons. The van der Waals surface area contributed by atoms with E-state index in [1.54, 1.807) is 20.8 Å². The highest BCUT2D eigenvalue weighted by Gasteiger charge is 2.59. The number of piperidine rings is 1. The number of carbonyl (C=O) groups excluding carboxylic acids is 1. The number of hydrogen-bond donors (Lipinski definition) is 1. The van der Waals surface area contributed by atoms with E-state index < -0.39 is 36.1 Å². The minimum Gasteiger partial charge on any atom is -0.444 e. The van der Waals surface area contributed by atoms with Gasteiger partial charge in [-0.15, -0.1) is 0 Å². The number of nitrogens with zero attached hydrogens (tertiary/aromatic N) is 2. The Morgan fingerprint density at radius 2 is 2.11 bits per heavy atom. The van der Waals surface area contributed by atoms with E-state index in [0.29, 0.717) is 5.71 Å². The van der Waals surface area contributed by atoms with Crippen molar-refractivity contribution in [1.82, 2.24) is 4.90 Å². The van der Waals surface area contributed by atoms with Crippen LogP contribution < -0.4 is 0 Å². The second kappa shape index (κ2) is 4.31. The second-order valence-electron chi connectivity index (χ2n) is 6.10. The molecule has 2 saturated heterocycles. The van der Waals surface area contributed by atoms with Crippen LogP contribution in [0, 0.1) is 0 Å². The lowest BCUT2D eigenvalue weighted by atomic mass is 10.0. The number of carbonyl (C=O) groups is 1. The van der Waals surface area contributed by atoms with Gasteiger partial charge in [-0.25, -0.2) is 13.6 Å². The van der Waals surface area contributed by atoms with Gasteiger partial charge < -0.3 is 9.94 Å². The van der Waals surface area contributed by atoms with Crippen LogP contribution in [-0.2, 0) is 4.74 Å². The lowest BCUT2D eigenvalue weighted by Crippen LogP contribution is -2.51. The van der Waals surface area contributed by atoms with Gasteiger partial charge in [-0.2, -0.15) is 0 Å². The average Bonchev–Trinajstić information content (AvgIpc) is 2.39.